The first kappa shape index (κ1) is 14.8. The molecule has 0 saturated carbocycles. The van der Waals surface area contributed by atoms with E-state index in [2.05, 4.69) is 26.3 Å². The number of rotatable bonds is 4. The summed E-state index contributed by atoms with van der Waals surface area (Å²) in [6, 6.07) is 9.92. The number of fused-ring (bicyclic) bond motifs is 1. The highest BCUT2D eigenvalue weighted by atomic mass is 35.5. The first-order chi connectivity index (χ1) is 9.33. The maximum atomic E-state index is 6.03. The molecular formula is C14H14Cl2N4. The van der Waals surface area contributed by atoms with Gasteiger partial charge in [-0.1, -0.05) is 17.7 Å². The van der Waals surface area contributed by atoms with E-state index in [0.29, 0.717) is 5.15 Å². The Labute approximate surface area is 128 Å². The zero-order valence-electron chi connectivity index (χ0n) is 10.6. The van der Waals surface area contributed by atoms with Crippen LogP contribution in [0.1, 0.15) is 11.4 Å². The summed E-state index contributed by atoms with van der Waals surface area (Å²) in [6.07, 6.45) is 3.51. The highest BCUT2D eigenvalue weighted by molar-refractivity contribution is 6.33. The molecule has 20 heavy (non-hydrogen) atoms. The van der Waals surface area contributed by atoms with Crippen LogP contribution in [0.5, 0.6) is 0 Å². The molecule has 0 atom stereocenters. The van der Waals surface area contributed by atoms with Crippen LogP contribution in [0.3, 0.4) is 0 Å². The van der Waals surface area contributed by atoms with E-state index >= 15 is 0 Å². The molecule has 0 aromatic carbocycles. The lowest BCUT2D eigenvalue weighted by molar-refractivity contribution is 0.671. The maximum Gasteiger partial charge on any atom is 0.153 e. The molecule has 2 N–H and O–H groups in total. The van der Waals surface area contributed by atoms with Crippen LogP contribution >= 0.6 is 24.0 Å². The Morgan fingerprint density at radius 1 is 1.10 bits per heavy atom. The topological polar surface area (TPSA) is 53.6 Å². The van der Waals surface area contributed by atoms with Crippen molar-refractivity contribution in [1.29, 1.82) is 0 Å². The van der Waals surface area contributed by atoms with E-state index in [-0.39, 0.29) is 12.4 Å². The van der Waals surface area contributed by atoms with Gasteiger partial charge in [0.2, 0.25) is 0 Å². The van der Waals surface area contributed by atoms with Gasteiger partial charge in [0.1, 0.15) is 0 Å². The molecule has 6 heteroatoms. The predicted molar refractivity (Wildman–Crippen MR) is 83.1 cm³/mol. The SMILES string of the molecule is Cl.Clc1nccc2cc(CNCc3ccccn3)[nH]c12. The van der Waals surface area contributed by atoms with E-state index in [1.54, 1.807) is 12.4 Å². The summed E-state index contributed by atoms with van der Waals surface area (Å²) in [7, 11) is 0. The third-order valence-electron chi connectivity index (χ3n) is 2.90. The number of pyridine rings is 2. The number of nitrogens with one attached hydrogen (secondary N) is 2. The number of aromatic amines is 1. The minimum absolute atomic E-state index is 0. The average molecular weight is 309 g/mol. The van der Waals surface area contributed by atoms with Gasteiger partial charge >= 0.3 is 0 Å². The zero-order chi connectivity index (χ0) is 13.1. The van der Waals surface area contributed by atoms with Crippen molar-refractivity contribution >= 4 is 34.9 Å². The smallest absolute Gasteiger partial charge is 0.153 e. The minimum atomic E-state index is 0. The second kappa shape index (κ2) is 6.70. The molecule has 4 nitrogen and oxygen atoms in total. The summed E-state index contributed by atoms with van der Waals surface area (Å²) in [4.78, 5) is 11.6. The second-order valence-electron chi connectivity index (χ2n) is 4.29. The Morgan fingerprint density at radius 3 is 2.75 bits per heavy atom. The molecule has 3 heterocycles. The Hall–Kier alpha value is -1.62. The van der Waals surface area contributed by atoms with Crippen molar-refractivity contribution in [3.8, 4) is 0 Å². The van der Waals surface area contributed by atoms with Crippen molar-refractivity contribution in [3.63, 3.8) is 0 Å². The molecule has 0 spiro atoms. The minimum Gasteiger partial charge on any atom is -0.355 e. The lowest BCUT2D eigenvalue weighted by Crippen LogP contribution is -2.13. The van der Waals surface area contributed by atoms with Crippen LogP contribution in [0.15, 0.2) is 42.7 Å². The third-order valence-corrected chi connectivity index (χ3v) is 3.19. The van der Waals surface area contributed by atoms with Crippen LogP contribution in [0.2, 0.25) is 5.15 Å². The zero-order valence-corrected chi connectivity index (χ0v) is 12.2. The standard InChI is InChI=1S/C14H13ClN4.ClH/c15-14-13-10(4-6-18-14)7-12(19-13)9-16-8-11-3-1-2-5-17-11;/h1-7,16,19H,8-9H2;1H. The van der Waals surface area contributed by atoms with Crippen LogP contribution in [0.25, 0.3) is 10.9 Å². The Kier molecular flexibility index (Phi) is 4.95. The van der Waals surface area contributed by atoms with Crippen molar-refractivity contribution in [2.45, 2.75) is 13.1 Å². The quantitative estimate of drug-likeness (QED) is 0.727. The molecule has 3 aromatic rings. The van der Waals surface area contributed by atoms with E-state index in [1.807, 2.05) is 24.3 Å². The Bertz CT molecular complexity index is 682. The highest BCUT2D eigenvalue weighted by Crippen LogP contribution is 2.20. The van der Waals surface area contributed by atoms with Crippen LogP contribution in [0.4, 0.5) is 0 Å². The predicted octanol–water partition coefficient (Wildman–Crippen LogP) is 3.32. The molecule has 0 saturated heterocycles. The molecule has 0 unspecified atom stereocenters. The van der Waals surface area contributed by atoms with Crippen LogP contribution in [0, 0.1) is 0 Å². The molecular weight excluding hydrogens is 295 g/mol. The van der Waals surface area contributed by atoms with Gasteiger partial charge in [0.15, 0.2) is 5.15 Å². The van der Waals surface area contributed by atoms with E-state index in [1.165, 1.54) is 0 Å². The molecule has 3 aromatic heterocycles. The van der Waals surface area contributed by atoms with Gasteiger partial charge in [-0.25, -0.2) is 4.98 Å². The average Bonchev–Trinajstić information content (AvgIpc) is 2.84. The fourth-order valence-electron chi connectivity index (χ4n) is 2.00. The number of hydrogen-bond donors (Lipinski definition) is 2. The van der Waals surface area contributed by atoms with Crippen LogP contribution < -0.4 is 5.32 Å². The van der Waals surface area contributed by atoms with E-state index in [4.69, 9.17) is 11.6 Å². The van der Waals surface area contributed by atoms with Gasteiger partial charge in [0, 0.05) is 36.6 Å². The molecule has 3 rings (SSSR count). The summed E-state index contributed by atoms with van der Waals surface area (Å²) >= 11 is 6.03. The second-order valence-corrected chi connectivity index (χ2v) is 4.64. The normalized spacial score (nSPS) is 10.4. The van der Waals surface area contributed by atoms with Gasteiger partial charge in [-0.3, -0.25) is 4.98 Å². The van der Waals surface area contributed by atoms with Crippen molar-refractivity contribution < 1.29 is 0 Å². The molecule has 0 aliphatic carbocycles. The first-order valence-corrected chi connectivity index (χ1v) is 6.43. The lowest BCUT2D eigenvalue weighted by atomic mass is 10.3. The van der Waals surface area contributed by atoms with Crippen molar-refractivity contribution in [2.24, 2.45) is 0 Å². The summed E-state index contributed by atoms with van der Waals surface area (Å²) in [6.45, 7) is 1.48. The van der Waals surface area contributed by atoms with Gasteiger partial charge in [-0.2, -0.15) is 0 Å². The molecule has 0 bridgehead atoms. The highest BCUT2D eigenvalue weighted by Gasteiger charge is 2.04. The van der Waals surface area contributed by atoms with Gasteiger partial charge in [0.05, 0.1) is 11.2 Å². The number of halogens is 2. The summed E-state index contributed by atoms with van der Waals surface area (Å²) in [5, 5.41) is 4.93. The Morgan fingerprint density at radius 2 is 2.00 bits per heavy atom. The first-order valence-electron chi connectivity index (χ1n) is 6.05. The van der Waals surface area contributed by atoms with E-state index < -0.39 is 0 Å². The molecule has 104 valence electrons. The van der Waals surface area contributed by atoms with Gasteiger partial charge in [0.25, 0.3) is 0 Å². The monoisotopic (exact) mass is 308 g/mol. The fourth-order valence-corrected chi connectivity index (χ4v) is 2.21. The molecule has 0 fully saturated rings. The largest absolute Gasteiger partial charge is 0.355 e. The summed E-state index contributed by atoms with van der Waals surface area (Å²) in [5.74, 6) is 0. The van der Waals surface area contributed by atoms with Gasteiger partial charge in [-0.05, 0) is 24.3 Å². The fraction of sp³-hybridized carbons (Fsp3) is 0.143. The van der Waals surface area contributed by atoms with E-state index in [0.717, 1.165) is 35.4 Å². The van der Waals surface area contributed by atoms with Crippen molar-refractivity contribution in [2.75, 3.05) is 0 Å². The number of aromatic nitrogens is 3. The number of nitrogens with zero attached hydrogens (tertiary/aromatic N) is 2. The molecule has 0 aliphatic heterocycles. The maximum absolute atomic E-state index is 6.03. The Balaban J connectivity index is 0.00000147. The molecule has 0 radical (unpaired) electrons. The van der Waals surface area contributed by atoms with E-state index in [9.17, 15) is 0 Å². The van der Waals surface area contributed by atoms with Gasteiger partial charge < -0.3 is 10.3 Å². The van der Waals surface area contributed by atoms with Crippen molar-refractivity contribution in [1.82, 2.24) is 20.3 Å². The lowest BCUT2D eigenvalue weighted by Gasteiger charge is -2.02. The van der Waals surface area contributed by atoms with Crippen LogP contribution in [-0.4, -0.2) is 15.0 Å². The third kappa shape index (κ3) is 3.28. The molecule has 0 amide bonds. The number of H-pyrrole nitrogens is 1. The summed E-state index contributed by atoms with van der Waals surface area (Å²) < 4.78 is 0. The number of hydrogen-bond acceptors (Lipinski definition) is 3. The van der Waals surface area contributed by atoms with Gasteiger partial charge in [-0.15, -0.1) is 12.4 Å². The molecule has 0 aliphatic rings. The van der Waals surface area contributed by atoms with Crippen molar-refractivity contribution in [3.05, 3.63) is 59.3 Å². The van der Waals surface area contributed by atoms with Crippen LogP contribution in [-0.2, 0) is 13.1 Å². The summed E-state index contributed by atoms with van der Waals surface area (Å²) in [5.41, 5.74) is 3.00.